The quantitative estimate of drug-likeness (QED) is 0.513. The summed E-state index contributed by atoms with van der Waals surface area (Å²) in [6.07, 6.45) is 5.85. The molecule has 1 aliphatic heterocycles. The van der Waals surface area contributed by atoms with Crippen molar-refractivity contribution >= 4 is 29.1 Å². The van der Waals surface area contributed by atoms with Crippen molar-refractivity contribution in [2.45, 2.75) is 57.3 Å². The van der Waals surface area contributed by atoms with E-state index in [-0.39, 0.29) is 11.8 Å². The Kier molecular flexibility index (Phi) is 7.42. The van der Waals surface area contributed by atoms with E-state index in [4.69, 9.17) is 32.7 Å². The zero-order chi connectivity index (χ0) is 21.8. The van der Waals surface area contributed by atoms with E-state index in [2.05, 4.69) is 4.90 Å². The molecular formula is C25H29Cl2NO3. The monoisotopic (exact) mass is 461 g/mol. The number of amides is 1. The maximum absolute atomic E-state index is 13.1. The summed E-state index contributed by atoms with van der Waals surface area (Å²) in [6, 6.07) is 13.9. The Morgan fingerprint density at radius 3 is 2.32 bits per heavy atom. The molecule has 31 heavy (non-hydrogen) atoms. The van der Waals surface area contributed by atoms with Crippen LogP contribution in [0.2, 0.25) is 10.0 Å². The molecule has 4 nitrogen and oxygen atoms in total. The topological polar surface area (TPSA) is 38.8 Å². The number of carbonyl (C=O) groups excluding carboxylic acids is 1. The Balaban J connectivity index is 1.37. The maximum Gasteiger partial charge on any atom is 0.226 e. The van der Waals surface area contributed by atoms with Gasteiger partial charge in [0.25, 0.3) is 0 Å². The smallest absolute Gasteiger partial charge is 0.226 e. The van der Waals surface area contributed by atoms with Crippen LogP contribution in [0, 0.1) is 5.92 Å². The number of methoxy groups -OCH3 is 1. The maximum atomic E-state index is 13.1. The SMILES string of the molecule is CO[C@H]1CC[C@H](N2CC[C@@H](Cc3c(Cl)cc(OCc4ccccc4)cc3Cl)C2=O)CC1. The van der Waals surface area contributed by atoms with Gasteiger partial charge in [-0.25, -0.2) is 0 Å². The first kappa shape index (κ1) is 22.4. The summed E-state index contributed by atoms with van der Waals surface area (Å²) in [6.45, 7) is 1.27. The van der Waals surface area contributed by atoms with Gasteiger partial charge < -0.3 is 14.4 Å². The number of hydrogen-bond acceptors (Lipinski definition) is 3. The van der Waals surface area contributed by atoms with Gasteiger partial charge in [-0.2, -0.15) is 0 Å². The summed E-state index contributed by atoms with van der Waals surface area (Å²) in [4.78, 5) is 15.2. The number of ether oxygens (including phenoxy) is 2. The number of benzene rings is 2. The fraction of sp³-hybridized carbons (Fsp3) is 0.480. The standard InChI is InChI=1S/C25H29Cl2NO3/c1-30-20-9-7-19(8-10-20)28-12-11-18(25(28)29)13-22-23(26)14-21(15-24(22)27)31-16-17-5-3-2-4-6-17/h2-6,14-15,18-20H,7-13,16H2,1H3/t18-,19-,20-/m0/s1. The van der Waals surface area contributed by atoms with Crippen molar-refractivity contribution in [1.29, 1.82) is 0 Å². The van der Waals surface area contributed by atoms with Crippen LogP contribution in [0.3, 0.4) is 0 Å². The minimum atomic E-state index is -0.0637. The van der Waals surface area contributed by atoms with Gasteiger partial charge in [0, 0.05) is 35.7 Å². The molecule has 0 spiro atoms. The molecule has 2 aliphatic rings. The molecule has 2 fully saturated rings. The Morgan fingerprint density at radius 1 is 1.00 bits per heavy atom. The van der Waals surface area contributed by atoms with Crippen LogP contribution < -0.4 is 4.74 Å². The molecule has 2 aromatic rings. The molecule has 166 valence electrons. The van der Waals surface area contributed by atoms with Crippen LogP contribution >= 0.6 is 23.2 Å². The lowest BCUT2D eigenvalue weighted by atomic mass is 9.91. The molecule has 0 radical (unpaired) electrons. The highest BCUT2D eigenvalue weighted by atomic mass is 35.5. The summed E-state index contributed by atoms with van der Waals surface area (Å²) >= 11 is 13.1. The molecular weight excluding hydrogens is 433 g/mol. The first-order chi connectivity index (χ1) is 15.0. The Morgan fingerprint density at radius 2 is 1.68 bits per heavy atom. The Hall–Kier alpha value is -1.75. The van der Waals surface area contributed by atoms with Crippen molar-refractivity contribution in [3.63, 3.8) is 0 Å². The minimum absolute atomic E-state index is 0.0637. The van der Waals surface area contributed by atoms with Gasteiger partial charge in [0.15, 0.2) is 0 Å². The average Bonchev–Trinajstić information content (AvgIpc) is 3.15. The molecule has 1 saturated heterocycles. The van der Waals surface area contributed by atoms with Crippen molar-refractivity contribution in [3.05, 3.63) is 63.6 Å². The van der Waals surface area contributed by atoms with Crippen molar-refractivity contribution in [2.75, 3.05) is 13.7 Å². The van der Waals surface area contributed by atoms with E-state index in [1.54, 1.807) is 19.2 Å². The predicted molar refractivity (Wildman–Crippen MR) is 124 cm³/mol. The molecule has 0 aromatic heterocycles. The molecule has 0 bridgehead atoms. The van der Waals surface area contributed by atoms with E-state index in [0.717, 1.165) is 49.8 Å². The van der Waals surface area contributed by atoms with Crippen LogP contribution in [0.1, 0.15) is 43.2 Å². The number of nitrogens with zero attached hydrogens (tertiary/aromatic N) is 1. The summed E-state index contributed by atoms with van der Waals surface area (Å²) in [5, 5.41) is 1.12. The zero-order valence-electron chi connectivity index (χ0n) is 17.9. The van der Waals surface area contributed by atoms with Gasteiger partial charge in [-0.3, -0.25) is 4.79 Å². The van der Waals surface area contributed by atoms with Crippen molar-refractivity contribution in [3.8, 4) is 5.75 Å². The third-order valence-electron chi connectivity index (χ3n) is 6.58. The molecule has 0 N–H and O–H groups in total. The third kappa shape index (κ3) is 5.36. The van der Waals surface area contributed by atoms with E-state index in [1.807, 2.05) is 30.3 Å². The van der Waals surface area contributed by atoms with Gasteiger partial charge in [0.05, 0.1) is 6.10 Å². The van der Waals surface area contributed by atoms with Crippen LogP contribution in [0.4, 0.5) is 0 Å². The van der Waals surface area contributed by atoms with Crippen LogP contribution in [0.15, 0.2) is 42.5 Å². The molecule has 1 atom stereocenters. The normalized spacial score (nSPS) is 23.9. The highest BCUT2D eigenvalue weighted by Gasteiger charge is 2.37. The molecule has 4 rings (SSSR count). The first-order valence-corrected chi connectivity index (χ1v) is 11.8. The second-order valence-electron chi connectivity index (χ2n) is 8.53. The molecule has 1 saturated carbocycles. The van der Waals surface area contributed by atoms with Crippen LogP contribution in [-0.4, -0.2) is 36.6 Å². The predicted octanol–water partition coefficient (Wildman–Crippen LogP) is 5.92. The number of likely N-dealkylation sites (tertiary alicyclic amines) is 1. The lowest BCUT2D eigenvalue weighted by Gasteiger charge is -2.34. The summed E-state index contributed by atoms with van der Waals surface area (Å²) in [7, 11) is 1.77. The van der Waals surface area contributed by atoms with Crippen molar-refractivity contribution < 1.29 is 14.3 Å². The summed E-state index contributed by atoms with van der Waals surface area (Å²) in [5.41, 5.74) is 1.91. The number of rotatable bonds is 7. The molecule has 1 aliphatic carbocycles. The molecule has 1 heterocycles. The third-order valence-corrected chi connectivity index (χ3v) is 7.26. The average molecular weight is 462 g/mol. The van der Waals surface area contributed by atoms with Crippen LogP contribution in [0.25, 0.3) is 0 Å². The fourth-order valence-electron chi connectivity index (χ4n) is 4.75. The van der Waals surface area contributed by atoms with Crippen LogP contribution in [0.5, 0.6) is 5.75 Å². The van der Waals surface area contributed by atoms with E-state index < -0.39 is 0 Å². The number of hydrogen-bond donors (Lipinski definition) is 0. The lowest BCUT2D eigenvalue weighted by molar-refractivity contribution is -0.134. The van der Waals surface area contributed by atoms with E-state index in [9.17, 15) is 4.79 Å². The van der Waals surface area contributed by atoms with Gasteiger partial charge in [0.1, 0.15) is 12.4 Å². The lowest BCUT2D eigenvalue weighted by Crippen LogP contribution is -2.41. The first-order valence-electron chi connectivity index (χ1n) is 11.0. The molecule has 6 heteroatoms. The van der Waals surface area contributed by atoms with Gasteiger partial charge in [-0.1, -0.05) is 53.5 Å². The number of carbonyl (C=O) groups is 1. The molecule has 2 aromatic carbocycles. The van der Waals surface area contributed by atoms with Gasteiger partial charge in [0.2, 0.25) is 5.91 Å². The van der Waals surface area contributed by atoms with E-state index >= 15 is 0 Å². The zero-order valence-corrected chi connectivity index (χ0v) is 19.4. The Bertz CT molecular complexity index is 874. The highest BCUT2D eigenvalue weighted by Crippen LogP contribution is 2.36. The summed E-state index contributed by atoms with van der Waals surface area (Å²) in [5.74, 6) is 0.806. The number of halogens is 2. The van der Waals surface area contributed by atoms with Gasteiger partial charge >= 0.3 is 0 Å². The molecule has 1 amide bonds. The van der Waals surface area contributed by atoms with E-state index in [0.29, 0.717) is 41.0 Å². The fourth-order valence-corrected chi connectivity index (χ4v) is 5.37. The minimum Gasteiger partial charge on any atom is -0.489 e. The Labute approximate surface area is 194 Å². The van der Waals surface area contributed by atoms with Gasteiger partial charge in [-0.05, 0) is 61.8 Å². The highest BCUT2D eigenvalue weighted by molar-refractivity contribution is 6.36. The second kappa shape index (κ2) is 10.2. The van der Waals surface area contributed by atoms with Crippen molar-refractivity contribution in [2.24, 2.45) is 5.92 Å². The largest absolute Gasteiger partial charge is 0.489 e. The van der Waals surface area contributed by atoms with Gasteiger partial charge in [-0.15, -0.1) is 0 Å². The van der Waals surface area contributed by atoms with E-state index in [1.165, 1.54) is 0 Å². The second-order valence-corrected chi connectivity index (χ2v) is 9.34. The van der Waals surface area contributed by atoms with Crippen molar-refractivity contribution in [1.82, 2.24) is 4.90 Å². The summed E-state index contributed by atoms with van der Waals surface area (Å²) < 4.78 is 11.3. The molecule has 0 unspecified atom stereocenters. The van der Waals surface area contributed by atoms with Crippen LogP contribution in [-0.2, 0) is 22.6 Å².